The minimum Gasteiger partial charge on any atom is -0.396 e. The van der Waals surface area contributed by atoms with E-state index in [1.54, 1.807) is 0 Å². The Morgan fingerprint density at radius 2 is 1.94 bits per heavy atom. The van der Waals surface area contributed by atoms with Gasteiger partial charge in [-0.3, -0.25) is 0 Å². The molecule has 1 saturated heterocycles. The first-order valence-electron chi connectivity index (χ1n) is 7.73. The maximum absolute atomic E-state index is 9.90. The molecular formula is C16H28O2. The van der Waals surface area contributed by atoms with Crippen molar-refractivity contribution in [1.29, 1.82) is 0 Å². The fourth-order valence-corrected chi connectivity index (χ4v) is 5.51. The van der Waals surface area contributed by atoms with Crippen molar-refractivity contribution < 1.29 is 9.84 Å². The van der Waals surface area contributed by atoms with Crippen molar-refractivity contribution in [1.82, 2.24) is 0 Å². The molecule has 2 aliphatic carbocycles. The van der Waals surface area contributed by atoms with Gasteiger partial charge in [-0.1, -0.05) is 20.8 Å². The maximum atomic E-state index is 9.90. The van der Waals surface area contributed by atoms with E-state index in [2.05, 4.69) is 20.8 Å². The Morgan fingerprint density at radius 1 is 1.17 bits per heavy atom. The quantitative estimate of drug-likeness (QED) is 0.775. The van der Waals surface area contributed by atoms with Crippen LogP contribution >= 0.6 is 0 Å². The summed E-state index contributed by atoms with van der Waals surface area (Å²) in [6.45, 7) is 8.42. The Kier molecular flexibility index (Phi) is 2.84. The third-order valence-electron chi connectivity index (χ3n) is 6.99. The lowest BCUT2D eigenvalue weighted by Crippen LogP contribution is -2.62. The van der Waals surface area contributed by atoms with E-state index in [0.29, 0.717) is 17.9 Å². The predicted molar refractivity (Wildman–Crippen MR) is 72.3 cm³/mol. The molecule has 0 radical (unpaired) electrons. The van der Waals surface area contributed by atoms with Crippen LogP contribution < -0.4 is 0 Å². The van der Waals surface area contributed by atoms with Crippen molar-refractivity contribution in [2.45, 2.75) is 64.9 Å². The van der Waals surface area contributed by atoms with Crippen molar-refractivity contribution in [3.8, 4) is 0 Å². The molecule has 2 heteroatoms. The maximum Gasteiger partial charge on any atom is 0.0773 e. The molecule has 3 aliphatic rings. The number of aliphatic hydroxyl groups excluding tert-OH is 1. The summed E-state index contributed by atoms with van der Waals surface area (Å²) in [6.07, 6.45) is 7.37. The second-order valence-corrected chi connectivity index (χ2v) is 7.60. The van der Waals surface area contributed by atoms with Crippen LogP contribution in [0.1, 0.15) is 59.3 Å². The van der Waals surface area contributed by atoms with Crippen molar-refractivity contribution in [2.75, 3.05) is 13.2 Å². The van der Waals surface area contributed by atoms with Crippen LogP contribution in [-0.4, -0.2) is 23.9 Å². The first-order chi connectivity index (χ1) is 8.48. The molecule has 2 nitrogen and oxygen atoms in total. The highest BCUT2D eigenvalue weighted by Crippen LogP contribution is 2.66. The fraction of sp³-hybridized carbons (Fsp3) is 1.00. The molecule has 3 rings (SSSR count). The highest BCUT2D eigenvalue weighted by Gasteiger charge is 2.66. The lowest BCUT2D eigenvalue weighted by Gasteiger charge is -2.61. The molecule has 5 atom stereocenters. The minimum absolute atomic E-state index is 0.0698. The van der Waals surface area contributed by atoms with Gasteiger partial charge < -0.3 is 9.84 Å². The van der Waals surface area contributed by atoms with Gasteiger partial charge in [-0.15, -0.1) is 0 Å². The molecule has 0 amide bonds. The summed E-state index contributed by atoms with van der Waals surface area (Å²) in [5.41, 5.74) is 0.497. The predicted octanol–water partition coefficient (Wildman–Crippen LogP) is 3.38. The zero-order valence-corrected chi connectivity index (χ0v) is 12.2. The first-order valence-corrected chi connectivity index (χ1v) is 7.73. The number of hydrogen-bond donors (Lipinski definition) is 1. The van der Waals surface area contributed by atoms with Gasteiger partial charge in [-0.2, -0.15) is 0 Å². The van der Waals surface area contributed by atoms with Crippen LogP contribution in [0.3, 0.4) is 0 Å². The number of hydrogen-bond acceptors (Lipinski definition) is 2. The van der Waals surface area contributed by atoms with Crippen LogP contribution in [0.5, 0.6) is 0 Å². The molecule has 1 spiro atoms. The van der Waals surface area contributed by atoms with Crippen molar-refractivity contribution >= 4 is 0 Å². The lowest BCUT2D eigenvalue weighted by molar-refractivity contribution is -0.208. The Labute approximate surface area is 111 Å². The Morgan fingerprint density at radius 3 is 2.67 bits per heavy atom. The van der Waals surface area contributed by atoms with Crippen LogP contribution in [0.25, 0.3) is 0 Å². The van der Waals surface area contributed by atoms with Crippen molar-refractivity contribution in [3.63, 3.8) is 0 Å². The highest BCUT2D eigenvalue weighted by molar-refractivity contribution is 5.15. The van der Waals surface area contributed by atoms with Gasteiger partial charge >= 0.3 is 0 Å². The van der Waals surface area contributed by atoms with Gasteiger partial charge in [0.15, 0.2) is 0 Å². The smallest absolute Gasteiger partial charge is 0.0773 e. The molecular weight excluding hydrogens is 224 g/mol. The van der Waals surface area contributed by atoms with Crippen LogP contribution in [0.15, 0.2) is 0 Å². The minimum atomic E-state index is 0.0698. The summed E-state index contributed by atoms with van der Waals surface area (Å²) in [4.78, 5) is 0. The van der Waals surface area contributed by atoms with E-state index in [9.17, 15) is 5.11 Å². The van der Waals surface area contributed by atoms with Gasteiger partial charge in [0.1, 0.15) is 0 Å². The van der Waals surface area contributed by atoms with E-state index in [4.69, 9.17) is 4.74 Å². The fourth-order valence-electron chi connectivity index (χ4n) is 5.51. The molecule has 2 saturated carbocycles. The highest BCUT2D eigenvalue weighted by atomic mass is 16.5. The monoisotopic (exact) mass is 252 g/mol. The topological polar surface area (TPSA) is 29.5 Å². The van der Waals surface area contributed by atoms with E-state index >= 15 is 0 Å². The number of rotatable bonds is 1. The molecule has 1 aliphatic heterocycles. The molecule has 0 aromatic heterocycles. The van der Waals surface area contributed by atoms with Gasteiger partial charge in [0.25, 0.3) is 0 Å². The van der Waals surface area contributed by atoms with E-state index in [-0.39, 0.29) is 11.0 Å². The molecule has 0 bridgehead atoms. The molecule has 1 N–H and O–H groups in total. The second kappa shape index (κ2) is 3.96. The summed E-state index contributed by atoms with van der Waals surface area (Å²) >= 11 is 0. The normalized spacial score (nSPS) is 56.0. The Hall–Kier alpha value is -0.0800. The van der Waals surface area contributed by atoms with Crippen LogP contribution in [0, 0.1) is 22.7 Å². The first kappa shape index (κ1) is 12.9. The van der Waals surface area contributed by atoms with Crippen molar-refractivity contribution in [3.05, 3.63) is 0 Å². The summed E-state index contributed by atoms with van der Waals surface area (Å²) in [5, 5.41) is 9.90. The van der Waals surface area contributed by atoms with Crippen LogP contribution in [0.4, 0.5) is 0 Å². The molecule has 18 heavy (non-hydrogen) atoms. The molecule has 0 unspecified atom stereocenters. The summed E-state index contributed by atoms with van der Waals surface area (Å²) < 4.78 is 6.41. The molecule has 1 heterocycles. The van der Waals surface area contributed by atoms with Gasteiger partial charge in [0.05, 0.1) is 5.60 Å². The molecule has 0 aromatic carbocycles. The summed E-state index contributed by atoms with van der Waals surface area (Å²) in [6, 6.07) is 0. The second-order valence-electron chi connectivity index (χ2n) is 7.60. The Balaban J connectivity index is 2.05. The number of aliphatic hydroxyl groups is 1. The summed E-state index contributed by atoms with van der Waals surface area (Å²) in [7, 11) is 0. The SMILES string of the molecule is C[C@@H]1CC[C@H]2[C@@](C)(CO)CCC[C@@]23OCC[C@@]13C. The average molecular weight is 252 g/mol. The van der Waals surface area contributed by atoms with Crippen LogP contribution in [0.2, 0.25) is 0 Å². The van der Waals surface area contributed by atoms with Crippen LogP contribution in [-0.2, 0) is 4.74 Å². The third-order valence-corrected chi connectivity index (χ3v) is 6.99. The zero-order chi connectivity index (χ0) is 13.0. The van der Waals surface area contributed by atoms with Gasteiger partial charge in [-0.25, -0.2) is 0 Å². The van der Waals surface area contributed by atoms with Gasteiger partial charge in [0, 0.05) is 18.6 Å². The van der Waals surface area contributed by atoms with Crippen molar-refractivity contribution in [2.24, 2.45) is 22.7 Å². The molecule has 0 aromatic rings. The molecule has 3 fully saturated rings. The summed E-state index contributed by atoms with van der Waals surface area (Å²) in [5.74, 6) is 1.32. The van der Waals surface area contributed by atoms with E-state index in [0.717, 1.165) is 12.5 Å². The standard InChI is InChI=1S/C16H28O2/c1-12-5-6-13-14(2,11-17)7-4-8-16(13)15(12,3)9-10-18-16/h12-13,17H,4-11H2,1-3H3/t12-,13+,14-,15+,16-/m1/s1. The van der Waals surface area contributed by atoms with E-state index in [1.807, 2.05) is 0 Å². The number of ether oxygens (including phenoxy) is 1. The molecule has 104 valence electrons. The van der Waals surface area contributed by atoms with E-state index < -0.39 is 0 Å². The zero-order valence-electron chi connectivity index (χ0n) is 12.2. The largest absolute Gasteiger partial charge is 0.396 e. The van der Waals surface area contributed by atoms with E-state index in [1.165, 1.54) is 38.5 Å². The Bertz CT molecular complexity index is 342. The average Bonchev–Trinajstić information content (AvgIpc) is 2.69. The van der Waals surface area contributed by atoms with Gasteiger partial charge in [0.2, 0.25) is 0 Å². The third kappa shape index (κ3) is 1.37. The van der Waals surface area contributed by atoms with Gasteiger partial charge in [-0.05, 0) is 55.8 Å². The lowest BCUT2D eigenvalue weighted by atomic mass is 9.46.